The Morgan fingerprint density at radius 3 is 2.68 bits per heavy atom. The molecule has 0 saturated heterocycles. The van der Waals surface area contributed by atoms with Gasteiger partial charge < -0.3 is 35.4 Å². The number of nitrogens with zero attached hydrogens (tertiary/aromatic N) is 1. The fraction of sp³-hybridized carbons (Fsp3) is 0.400. The van der Waals surface area contributed by atoms with E-state index in [0.717, 1.165) is 18.7 Å². The number of halogens is 2. The van der Waals surface area contributed by atoms with E-state index in [0.29, 0.717) is 6.42 Å². The largest absolute Gasteiger partial charge is 1.00 e. The lowest BCUT2D eigenvalue weighted by Crippen LogP contribution is -3.00. The first kappa shape index (κ1) is 21.0. The topological polar surface area (TPSA) is 79.5 Å². The number of carbonyl (C=O) groups excluding carboxylic acids is 1. The van der Waals surface area contributed by atoms with E-state index in [2.05, 4.69) is 28.5 Å². The Balaban J connectivity index is 0.00000220. The van der Waals surface area contributed by atoms with Crippen LogP contribution in [0.2, 0.25) is 0 Å². The number of benzene rings is 1. The molecule has 1 aliphatic heterocycles. The maximum Gasteiger partial charge on any atom is 0.327 e. The Morgan fingerprint density at radius 1 is 1.32 bits per heavy atom. The fourth-order valence-corrected chi connectivity index (χ4v) is 2.35. The summed E-state index contributed by atoms with van der Waals surface area (Å²) >= 11 is 0. The molecule has 5 nitrogen and oxygen atoms in total. The monoisotopic (exact) mass is 346 g/mol. The normalized spacial score (nSPS) is 13.7. The molecule has 0 radical (unpaired) electrons. The van der Waals surface area contributed by atoms with Gasteiger partial charge in [-0.15, -0.1) is 0 Å². The van der Waals surface area contributed by atoms with Crippen LogP contribution in [0.25, 0.3) is 5.57 Å². The molecule has 1 amide bonds. The average Bonchev–Trinajstić information content (AvgIpc) is 2.81. The van der Waals surface area contributed by atoms with Crippen LogP contribution in [0, 0.1) is 0 Å². The molecular formula is C15H24Cl2N4O. The van der Waals surface area contributed by atoms with Gasteiger partial charge in [-0.3, -0.25) is 10.6 Å². The minimum Gasteiger partial charge on any atom is -1.00 e. The van der Waals surface area contributed by atoms with Crippen molar-refractivity contribution in [1.82, 2.24) is 4.90 Å². The molecular weight excluding hydrogens is 323 g/mol. The van der Waals surface area contributed by atoms with Gasteiger partial charge in [-0.25, -0.2) is 4.79 Å². The van der Waals surface area contributed by atoms with Crippen LogP contribution >= 0.6 is 0 Å². The zero-order valence-electron chi connectivity index (χ0n) is 12.9. The molecule has 124 valence electrons. The number of rotatable bonds is 6. The molecule has 6 N–H and O–H groups in total. The Kier molecular flexibility index (Phi) is 9.51. The van der Waals surface area contributed by atoms with Gasteiger partial charge in [0.05, 0.1) is 6.54 Å². The van der Waals surface area contributed by atoms with Crippen LogP contribution in [0.15, 0.2) is 30.5 Å². The maximum atomic E-state index is 12.0. The maximum absolute atomic E-state index is 12.0. The lowest BCUT2D eigenvalue weighted by molar-refractivity contribution is -0.569. The molecule has 7 heteroatoms. The van der Waals surface area contributed by atoms with Crippen molar-refractivity contribution in [3.05, 3.63) is 36.0 Å². The Hall–Kier alpha value is -0.950. The Morgan fingerprint density at radius 2 is 2.00 bits per heavy atom. The molecule has 0 saturated carbocycles. The number of para-hydroxylation sites is 1. The first-order valence-corrected chi connectivity index (χ1v) is 6.98. The van der Waals surface area contributed by atoms with Gasteiger partial charge in [0.1, 0.15) is 17.9 Å². The fourth-order valence-electron chi connectivity index (χ4n) is 2.35. The van der Waals surface area contributed by atoms with Crippen molar-refractivity contribution in [2.75, 3.05) is 27.2 Å². The number of carbonyl (C=O) groups is 1. The van der Waals surface area contributed by atoms with Crippen molar-refractivity contribution in [3.8, 4) is 0 Å². The molecule has 1 atom stereocenters. The van der Waals surface area contributed by atoms with Crippen LogP contribution in [-0.4, -0.2) is 44.0 Å². The predicted molar refractivity (Wildman–Crippen MR) is 79.0 cm³/mol. The highest BCUT2D eigenvalue weighted by Gasteiger charge is 2.24. The summed E-state index contributed by atoms with van der Waals surface area (Å²) in [5.74, 6) is 0.0390. The number of hydrogen-bond donors (Lipinski definition) is 3. The van der Waals surface area contributed by atoms with Crippen molar-refractivity contribution in [3.63, 3.8) is 0 Å². The van der Waals surface area contributed by atoms with E-state index in [1.807, 2.05) is 26.2 Å². The SMILES string of the molecule is CN(C)CC[NH2+]C(=O)[C@H](N)CC1=C[NH2+]c2ccccc21.[Cl-].[Cl-]. The molecule has 0 aromatic heterocycles. The quantitative estimate of drug-likeness (QED) is 0.448. The lowest BCUT2D eigenvalue weighted by Gasteiger charge is -2.11. The molecule has 22 heavy (non-hydrogen) atoms. The smallest absolute Gasteiger partial charge is 0.327 e. The number of quaternary nitrogens is 2. The first-order chi connectivity index (χ1) is 9.58. The van der Waals surface area contributed by atoms with Crippen molar-refractivity contribution in [2.24, 2.45) is 5.73 Å². The second-order valence-corrected chi connectivity index (χ2v) is 5.45. The summed E-state index contributed by atoms with van der Waals surface area (Å²) in [6.07, 6.45) is 2.67. The third-order valence-corrected chi connectivity index (χ3v) is 3.50. The van der Waals surface area contributed by atoms with E-state index in [1.165, 1.54) is 11.3 Å². The van der Waals surface area contributed by atoms with Crippen LogP contribution in [0.5, 0.6) is 0 Å². The molecule has 2 rings (SSSR count). The van der Waals surface area contributed by atoms with Crippen LogP contribution in [0.1, 0.15) is 12.0 Å². The minimum absolute atomic E-state index is 0. The van der Waals surface area contributed by atoms with Crippen molar-refractivity contribution in [2.45, 2.75) is 12.5 Å². The van der Waals surface area contributed by atoms with Crippen LogP contribution in [-0.2, 0) is 4.79 Å². The molecule has 0 aliphatic carbocycles. The average molecular weight is 347 g/mol. The second kappa shape index (κ2) is 9.94. The highest BCUT2D eigenvalue weighted by atomic mass is 35.5. The Labute approximate surface area is 144 Å². The van der Waals surface area contributed by atoms with E-state index < -0.39 is 6.04 Å². The molecule has 1 aliphatic rings. The van der Waals surface area contributed by atoms with E-state index >= 15 is 0 Å². The number of primary amides is 1. The van der Waals surface area contributed by atoms with Gasteiger partial charge in [0.15, 0.2) is 0 Å². The molecule has 0 bridgehead atoms. The summed E-state index contributed by atoms with van der Waals surface area (Å²) in [4.78, 5) is 14.0. The number of fused-ring (bicyclic) bond motifs is 1. The van der Waals surface area contributed by atoms with Crippen LogP contribution < -0.4 is 41.2 Å². The third kappa shape index (κ3) is 5.68. The summed E-state index contributed by atoms with van der Waals surface area (Å²) in [6.45, 7) is 1.62. The van der Waals surface area contributed by atoms with Gasteiger partial charge >= 0.3 is 5.91 Å². The van der Waals surface area contributed by atoms with Gasteiger partial charge in [0.2, 0.25) is 0 Å². The molecule has 1 aromatic rings. The number of nitrogens with two attached hydrogens (primary N) is 3. The van der Waals surface area contributed by atoms with E-state index in [9.17, 15) is 4.79 Å². The van der Waals surface area contributed by atoms with E-state index in [4.69, 9.17) is 5.73 Å². The minimum atomic E-state index is -0.442. The van der Waals surface area contributed by atoms with Crippen LogP contribution in [0.4, 0.5) is 5.69 Å². The molecule has 1 aromatic carbocycles. The van der Waals surface area contributed by atoms with Gasteiger partial charge in [0, 0.05) is 30.2 Å². The predicted octanol–water partition coefficient (Wildman–Crippen LogP) is -7.39. The Bertz CT molecular complexity index is 520. The first-order valence-electron chi connectivity index (χ1n) is 6.98. The lowest BCUT2D eigenvalue weighted by atomic mass is 10.00. The number of hydrogen-bond acceptors (Lipinski definition) is 3. The molecule has 0 unspecified atom stereocenters. The molecule has 1 heterocycles. The van der Waals surface area contributed by atoms with Crippen molar-refractivity contribution >= 4 is 17.2 Å². The third-order valence-electron chi connectivity index (χ3n) is 3.50. The zero-order valence-corrected chi connectivity index (χ0v) is 14.4. The number of likely N-dealkylation sites (N-methyl/N-ethyl adjacent to an activating group) is 1. The van der Waals surface area contributed by atoms with Gasteiger partial charge in [-0.05, 0) is 20.2 Å². The van der Waals surface area contributed by atoms with Gasteiger partial charge in [-0.1, -0.05) is 12.1 Å². The second-order valence-electron chi connectivity index (χ2n) is 5.45. The highest BCUT2D eigenvalue weighted by Crippen LogP contribution is 2.26. The number of amides is 1. The highest BCUT2D eigenvalue weighted by molar-refractivity contribution is 5.80. The summed E-state index contributed by atoms with van der Waals surface area (Å²) in [7, 11) is 3.99. The van der Waals surface area contributed by atoms with E-state index in [-0.39, 0.29) is 30.7 Å². The van der Waals surface area contributed by atoms with E-state index in [1.54, 1.807) is 5.32 Å². The zero-order chi connectivity index (χ0) is 14.5. The van der Waals surface area contributed by atoms with Gasteiger partial charge in [-0.2, -0.15) is 0 Å². The standard InChI is InChI=1S/C15H22N4O.2ClH/c1-19(2)8-7-17-15(20)13(16)9-11-10-18-14-6-4-3-5-12(11)14;;/h3-6,10,13,18H,7-9,16H2,1-2H3,(H,17,20);2*1H/t13-;;/m1../s1. The molecule has 0 fully saturated rings. The summed E-state index contributed by atoms with van der Waals surface area (Å²) < 4.78 is 0. The van der Waals surface area contributed by atoms with Crippen molar-refractivity contribution < 1.29 is 40.2 Å². The summed E-state index contributed by atoms with van der Waals surface area (Å²) in [5, 5.41) is 3.80. The molecule has 0 spiro atoms. The van der Waals surface area contributed by atoms with Gasteiger partial charge in [0.25, 0.3) is 0 Å². The van der Waals surface area contributed by atoms with Crippen molar-refractivity contribution in [1.29, 1.82) is 0 Å². The summed E-state index contributed by atoms with van der Waals surface area (Å²) in [6, 6.07) is 7.75. The van der Waals surface area contributed by atoms with Crippen LogP contribution in [0.3, 0.4) is 0 Å². The summed E-state index contributed by atoms with van der Waals surface area (Å²) in [5.41, 5.74) is 9.58.